The van der Waals surface area contributed by atoms with Gasteiger partial charge >= 0.3 is 0 Å². The van der Waals surface area contributed by atoms with Gasteiger partial charge in [-0.3, -0.25) is 4.79 Å². The normalized spacial score (nSPS) is 17.6. The van der Waals surface area contributed by atoms with Crippen molar-refractivity contribution < 1.29 is 4.79 Å². The number of hydrogen-bond donors (Lipinski definition) is 1. The Balaban J connectivity index is 2.13. The zero-order valence-electron chi connectivity index (χ0n) is 10.5. The van der Waals surface area contributed by atoms with Gasteiger partial charge in [0.15, 0.2) is 0 Å². The van der Waals surface area contributed by atoms with Crippen LogP contribution in [0.15, 0.2) is 0 Å². The number of rotatable bonds is 5. The van der Waals surface area contributed by atoms with Crippen LogP contribution in [-0.2, 0) is 4.79 Å². The number of carbonyl (C=O) groups excluding carboxylic acids is 1. The van der Waals surface area contributed by atoms with Crippen molar-refractivity contribution in [1.82, 2.24) is 10.2 Å². The zero-order chi connectivity index (χ0) is 11.8. The Morgan fingerprint density at radius 1 is 1.38 bits per heavy atom. The summed E-state index contributed by atoms with van der Waals surface area (Å²) in [5.74, 6) is 2.82. The van der Waals surface area contributed by atoms with Crippen molar-refractivity contribution in [3.63, 3.8) is 0 Å². The van der Waals surface area contributed by atoms with Crippen LogP contribution < -0.4 is 5.32 Å². The van der Waals surface area contributed by atoms with Crippen LogP contribution in [-0.4, -0.2) is 48.5 Å². The van der Waals surface area contributed by atoms with Crippen LogP contribution in [0.3, 0.4) is 0 Å². The van der Waals surface area contributed by atoms with E-state index in [0.717, 1.165) is 44.3 Å². The third-order valence-electron chi connectivity index (χ3n) is 2.76. The van der Waals surface area contributed by atoms with E-state index in [1.807, 2.05) is 4.90 Å². The largest absolute Gasteiger partial charge is 0.341 e. The molecule has 1 heterocycles. The van der Waals surface area contributed by atoms with Crippen molar-refractivity contribution >= 4 is 17.7 Å². The highest BCUT2D eigenvalue weighted by Crippen LogP contribution is 2.10. The van der Waals surface area contributed by atoms with Crippen LogP contribution in [0.4, 0.5) is 0 Å². The summed E-state index contributed by atoms with van der Waals surface area (Å²) in [4.78, 5) is 13.9. The van der Waals surface area contributed by atoms with Gasteiger partial charge in [-0.1, -0.05) is 13.8 Å². The maximum absolute atomic E-state index is 11.9. The van der Waals surface area contributed by atoms with Crippen LogP contribution in [0.5, 0.6) is 0 Å². The minimum absolute atomic E-state index is 0.317. The first kappa shape index (κ1) is 13.8. The highest BCUT2D eigenvalue weighted by atomic mass is 32.2. The molecule has 1 saturated heterocycles. The highest BCUT2D eigenvalue weighted by molar-refractivity contribution is 7.99. The van der Waals surface area contributed by atoms with E-state index in [1.165, 1.54) is 6.42 Å². The molecule has 0 aromatic heterocycles. The Hall–Kier alpha value is -0.220. The number of thioether (sulfide) groups is 1. The van der Waals surface area contributed by atoms with Gasteiger partial charge in [-0.15, -0.1) is 0 Å². The Morgan fingerprint density at radius 2 is 2.19 bits per heavy atom. The van der Waals surface area contributed by atoms with Crippen LogP contribution in [0.25, 0.3) is 0 Å². The van der Waals surface area contributed by atoms with Crippen molar-refractivity contribution in [3.8, 4) is 0 Å². The average Bonchev–Trinajstić information content (AvgIpc) is 2.52. The number of nitrogens with one attached hydrogen (secondary N) is 1. The molecule has 0 radical (unpaired) electrons. The second-order valence-electron chi connectivity index (χ2n) is 4.72. The molecule has 1 fully saturated rings. The predicted molar refractivity (Wildman–Crippen MR) is 70.8 cm³/mol. The first-order valence-corrected chi connectivity index (χ1v) is 7.42. The molecule has 0 spiro atoms. The molecule has 0 bridgehead atoms. The lowest BCUT2D eigenvalue weighted by Gasteiger charge is -2.19. The number of amides is 1. The fourth-order valence-electron chi connectivity index (χ4n) is 1.66. The molecule has 0 atom stereocenters. The van der Waals surface area contributed by atoms with E-state index in [9.17, 15) is 4.79 Å². The molecule has 0 aromatic carbocycles. The van der Waals surface area contributed by atoms with Gasteiger partial charge in [0, 0.05) is 19.6 Å². The first-order valence-electron chi connectivity index (χ1n) is 6.26. The quantitative estimate of drug-likeness (QED) is 0.745. The van der Waals surface area contributed by atoms with E-state index in [-0.39, 0.29) is 0 Å². The number of carbonyl (C=O) groups is 1. The second kappa shape index (κ2) is 7.96. The molecule has 0 aliphatic carbocycles. The van der Waals surface area contributed by atoms with Gasteiger partial charge < -0.3 is 10.2 Å². The van der Waals surface area contributed by atoms with Crippen LogP contribution in [0, 0.1) is 5.92 Å². The minimum atomic E-state index is 0.317. The van der Waals surface area contributed by atoms with E-state index < -0.39 is 0 Å². The van der Waals surface area contributed by atoms with Gasteiger partial charge in [-0.05, 0) is 31.1 Å². The lowest BCUT2D eigenvalue weighted by molar-refractivity contribution is -0.128. The predicted octanol–water partition coefficient (Wildman–Crippen LogP) is 1.59. The fraction of sp³-hybridized carbons (Fsp3) is 0.917. The second-order valence-corrected chi connectivity index (χ2v) is 5.82. The van der Waals surface area contributed by atoms with Crippen molar-refractivity contribution in [2.24, 2.45) is 5.92 Å². The van der Waals surface area contributed by atoms with E-state index in [1.54, 1.807) is 11.8 Å². The Morgan fingerprint density at radius 3 is 2.94 bits per heavy atom. The van der Waals surface area contributed by atoms with Gasteiger partial charge in [0.25, 0.3) is 0 Å². The van der Waals surface area contributed by atoms with Crippen LogP contribution in [0.2, 0.25) is 0 Å². The summed E-state index contributed by atoms with van der Waals surface area (Å²) in [7, 11) is 0. The van der Waals surface area contributed by atoms with Gasteiger partial charge in [-0.25, -0.2) is 0 Å². The minimum Gasteiger partial charge on any atom is -0.341 e. The SMILES string of the molecule is CC(C)CCSCC(=O)N1CCCNCC1. The first-order chi connectivity index (χ1) is 7.70. The molecule has 0 aromatic rings. The van der Waals surface area contributed by atoms with Gasteiger partial charge in [0.2, 0.25) is 5.91 Å². The molecule has 1 aliphatic heterocycles. The molecule has 0 unspecified atom stereocenters. The molecule has 3 nitrogen and oxygen atoms in total. The van der Waals surface area contributed by atoms with E-state index in [4.69, 9.17) is 0 Å². The zero-order valence-corrected chi connectivity index (χ0v) is 11.3. The fourth-order valence-corrected chi connectivity index (χ4v) is 2.80. The summed E-state index contributed by atoms with van der Waals surface area (Å²) >= 11 is 1.78. The van der Waals surface area contributed by atoms with Gasteiger partial charge in [-0.2, -0.15) is 11.8 Å². The topological polar surface area (TPSA) is 32.3 Å². The summed E-state index contributed by atoms with van der Waals surface area (Å²) in [5.41, 5.74) is 0. The lowest BCUT2D eigenvalue weighted by Crippen LogP contribution is -2.35. The van der Waals surface area contributed by atoms with Crippen molar-refractivity contribution in [3.05, 3.63) is 0 Å². The van der Waals surface area contributed by atoms with Gasteiger partial charge in [0.05, 0.1) is 5.75 Å². The third-order valence-corrected chi connectivity index (χ3v) is 3.73. The van der Waals surface area contributed by atoms with Gasteiger partial charge in [0.1, 0.15) is 0 Å². The van der Waals surface area contributed by atoms with E-state index in [2.05, 4.69) is 19.2 Å². The number of nitrogens with zero attached hydrogens (tertiary/aromatic N) is 1. The summed E-state index contributed by atoms with van der Waals surface area (Å²) in [6.45, 7) is 8.25. The highest BCUT2D eigenvalue weighted by Gasteiger charge is 2.14. The molecule has 1 N–H and O–H groups in total. The van der Waals surface area contributed by atoms with Crippen molar-refractivity contribution in [2.75, 3.05) is 37.7 Å². The molecule has 0 saturated carbocycles. The monoisotopic (exact) mass is 244 g/mol. The molecular weight excluding hydrogens is 220 g/mol. The molecule has 1 amide bonds. The smallest absolute Gasteiger partial charge is 0.232 e. The Bertz CT molecular complexity index is 201. The standard InChI is InChI=1S/C12H24N2OS/c1-11(2)4-9-16-10-12(15)14-7-3-5-13-6-8-14/h11,13H,3-10H2,1-2H3. The molecule has 1 rings (SSSR count). The summed E-state index contributed by atoms with van der Waals surface area (Å²) in [5, 5.41) is 3.31. The lowest BCUT2D eigenvalue weighted by atomic mass is 10.2. The molecular formula is C12H24N2OS. The molecule has 16 heavy (non-hydrogen) atoms. The van der Waals surface area contributed by atoms with Crippen molar-refractivity contribution in [2.45, 2.75) is 26.7 Å². The van der Waals surface area contributed by atoms with E-state index in [0.29, 0.717) is 11.7 Å². The van der Waals surface area contributed by atoms with Crippen LogP contribution >= 0.6 is 11.8 Å². The molecule has 1 aliphatic rings. The molecule has 4 heteroatoms. The maximum atomic E-state index is 11.9. The summed E-state index contributed by atoms with van der Waals surface area (Å²) in [6.07, 6.45) is 2.29. The molecule has 94 valence electrons. The van der Waals surface area contributed by atoms with Crippen LogP contribution in [0.1, 0.15) is 26.7 Å². The third kappa shape index (κ3) is 5.75. The average molecular weight is 244 g/mol. The van der Waals surface area contributed by atoms with E-state index >= 15 is 0 Å². The van der Waals surface area contributed by atoms with Crippen molar-refractivity contribution in [1.29, 1.82) is 0 Å². The summed E-state index contributed by atoms with van der Waals surface area (Å²) in [6, 6.07) is 0. The Kier molecular flexibility index (Phi) is 6.88. The Labute approximate surface area is 103 Å². The number of hydrogen-bond acceptors (Lipinski definition) is 3. The maximum Gasteiger partial charge on any atom is 0.232 e. The summed E-state index contributed by atoms with van der Waals surface area (Å²) < 4.78 is 0.